The number of nitrogens with two attached hydrogens (primary N) is 1. The van der Waals surface area contributed by atoms with Crippen molar-refractivity contribution in [3.05, 3.63) is 12.7 Å². The molecule has 2 aromatic heterocycles. The molecule has 0 aliphatic rings. The van der Waals surface area contributed by atoms with Crippen molar-refractivity contribution in [2.24, 2.45) is 0 Å². The molecule has 2 rings (SSSR count). The first-order chi connectivity index (χ1) is 4.88. The molecule has 0 fully saturated rings. The van der Waals surface area contributed by atoms with Crippen molar-refractivity contribution in [1.82, 2.24) is 19.9 Å². The number of imidazole rings is 1. The number of aromatic nitrogens is 4. The maximum atomic E-state index is 5.48. The molecular weight excluding hydrogens is 337 g/mol. The van der Waals surface area contributed by atoms with Gasteiger partial charge in [0.25, 0.3) is 0 Å². The summed E-state index contributed by atoms with van der Waals surface area (Å²) in [7, 11) is 0. The first-order valence-corrected chi connectivity index (χ1v) is 2.77. The summed E-state index contributed by atoms with van der Waals surface area (Å²) in [4.78, 5) is 14.4. The Kier molecular flexibility index (Phi) is 2.37. The number of hydrogen-bond acceptors (Lipinski definition) is 4. The van der Waals surface area contributed by atoms with E-state index in [1.54, 1.807) is 0 Å². The van der Waals surface area contributed by atoms with Gasteiger partial charge in [-0.1, -0.05) is 0 Å². The summed E-state index contributed by atoms with van der Waals surface area (Å²) in [5, 5.41) is 0. The molecule has 0 aromatic carbocycles. The van der Waals surface area contributed by atoms with Crippen molar-refractivity contribution < 1.29 is 0 Å². The number of fused-ring (bicyclic) bond motifs is 1. The van der Waals surface area contributed by atoms with E-state index in [1.807, 2.05) is 0 Å². The number of nitrogens with one attached hydrogen (secondary N) is 1. The third-order valence-electron chi connectivity index (χ3n) is 1.25. The van der Waals surface area contributed by atoms with E-state index in [0.717, 1.165) is 0 Å². The van der Waals surface area contributed by atoms with Crippen molar-refractivity contribution in [3.8, 4) is 0 Å². The molecule has 0 atom stereocenters. The van der Waals surface area contributed by atoms with E-state index in [0.29, 0.717) is 17.0 Å². The van der Waals surface area contributed by atoms with Crippen LogP contribution < -0.4 is 5.73 Å². The minimum absolute atomic E-state index is 0. The maximum absolute atomic E-state index is 5.48. The minimum Gasteiger partial charge on any atom is -0.382 e. The fourth-order valence-electron chi connectivity index (χ4n) is 0.784. The van der Waals surface area contributed by atoms with Gasteiger partial charge < -0.3 is 10.7 Å². The smallest absolute Gasteiger partial charge is 0.182 e. The Morgan fingerprint density at radius 1 is 1.27 bits per heavy atom. The summed E-state index contributed by atoms with van der Waals surface area (Å²) >= 11 is 0. The van der Waals surface area contributed by atoms with Crippen LogP contribution in [0.25, 0.3) is 11.2 Å². The van der Waals surface area contributed by atoms with Crippen molar-refractivity contribution in [3.63, 3.8) is 0 Å². The number of hydrogen-bond donors (Lipinski definition) is 2. The van der Waals surface area contributed by atoms with Gasteiger partial charge in [-0.25, -0.2) is 15.0 Å². The Bertz CT molecular complexity index is 356. The topological polar surface area (TPSA) is 80.5 Å². The molecule has 0 amide bonds. The Labute approximate surface area is 82.6 Å². The van der Waals surface area contributed by atoms with E-state index in [2.05, 4.69) is 19.9 Å². The second kappa shape index (κ2) is 3.11. The van der Waals surface area contributed by atoms with E-state index in [4.69, 9.17) is 5.73 Å². The maximum Gasteiger partial charge on any atom is 0.182 e. The van der Waals surface area contributed by atoms with Crippen molar-refractivity contribution >= 4 is 44.3 Å². The molecule has 3 N–H and O–H groups in total. The van der Waals surface area contributed by atoms with E-state index in [1.165, 1.54) is 12.7 Å². The van der Waals surface area contributed by atoms with Crippen LogP contribution in [-0.2, 0) is 0 Å². The second-order valence-corrected chi connectivity index (χ2v) is 1.86. The first-order valence-electron chi connectivity index (χ1n) is 2.77. The molecule has 0 bridgehead atoms. The quantitative estimate of drug-likeness (QED) is 0.636. The van der Waals surface area contributed by atoms with Crippen LogP contribution in [0.15, 0.2) is 12.7 Å². The Morgan fingerprint density at radius 3 is 2.82 bits per heavy atom. The van der Waals surface area contributed by atoms with Gasteiger partial charge in [0.1, 0.15) is 11.8 Å². The van der Waals surface area contributed by atoms with E-state index in [9.17, 15) is 0 Å². The van der Waals surface area contributed by atoms with Crippen LogP contribution in [-0.4, -0.2) is 47.2 Å². The molecule has 2 heterocycles. The number of aromatic amines is 1. The predicted molar refractivity (Wildman–Crippen MR) is 41.9 cm³/mol. The van der Waals surface area contributed by atoms with Gasteiger partial charge in [-0.05, 0) is 0 Å². The van der Waals surface area contributed by atoms with Crippen LogP contribution in [0.2, 0.25) is 0 Å². The zero-order valence-electron chi connectivity index (χ0n) is 5.57. The molecule has 0 saturated carbocycles. The fourth-order valence-corrected chi connectivity index (χ4v) is 0.784. The molecule has 0 aliphatic heterocycles. The van der Waals surface area contributed by atoms with E-state index in [-0.39, 0.29) is 27.3 Å². The summed E-state index contributed by atoms with van der Waals surface area (Å²) in [6, 6.07) is 0. The largest absolute Gasteiger partial charge is 0.382 e. The summed E-state index contributed by atoms with van der Waals surface area (Å²) in [5.74, 6) is 0.433. The van der Waals surface area contributed by atoms with Crippen LogP contribution in [0, 0.1) is 0 Å². The van der Waals surface area contributed by atoms with Gasteiger partial charge in [-0.3, -0.25) is 0 Å². The van der Waals surface area contributed by atoms with Crippen molar-refractivity contribution in [2.75, 3.05) is 5.73 Å². The molecule has 6 heteroatoms. The molecule has 4 radical (unpaired) electrons. The number of anilines is 1. The second-order valence-electron chi connectivity index (χ2n) is 1.86. The summed E-state index contributed by atoms with van der Waals surface area (Å²) in [6.07, 6.45) is 2.92. The van der Waals surface area contributed by atoms with Crippen LogP contribution in [0.3, 0.4) is 0 Å². The molecule has 0 saturated heterocycles. The molecule has 0 spiro atoms. The molecule has 54 valence electrons. The monoisotopic (exact) mass is 343 g/mol. The van der Waals surface area contributed by atoms with Crippen molar-refractivity contribution in [2.45, 2.75) is 0 Å². The van der Waals surface area contributed by atoms with Gasteiger partial charge in [-0.15, -0.1) is 0 Å². The number of nitrogens with zero attached hydrogens (tertiary/aromatic N) is 3. The Hall–Kier alpha value is -0.728. The Balaban J connectivity index is 0.000000605. The van der Waals surface area contributed by atoms with Gasteiger partial charge >= 0.3 is 0 Å². The number of rotatable bonds is 0. The number of nitrogen functional groups attached to an aromatic ring is 1. The van der Waals surface area contributed by atoms with Crippen LogP contribution in [0.1, 0.15) is 0 Å². The van der Waals surface area contributed by atoms with Gasteiger partial charge in [0.2, 0.25) is 0 Å². The summed E-state index contributed by atoms with van der Waals surface area (Å²) in [5.41, 5.74) is 6.78. The third kappa shape index (κ3) is 1.32. The molecule has 11 heavy (non-hydrogen) atoms. The van der Waals surface area contributed by atoms with Crippen molar-refractivity contribution in [1.29, 1.82) is 0 Å². The Morgan fingerprint density at radius 2 is 2.09 bits per heavy atom. The molecule has 0 unspecified atom stereocenters. The minimum atomic E-state index is 0. The third-order valence-corrected chi connectivity index (χ3v) is 1.25. The zero-order chi connectivity index (χ0) is 6.97. The standard InChI is InChI=1S/C5H5N5.Pb/c6-4-3-5(9-1-7-3)10-2-8-4;/h1-2H,(H3,6,7,8,9,10);. The van der Waals surface area contributed by atoms with Gasteiger partial charge in [0, 0.05) is 27.3 Å². The molecule has 2 aromatic rings. The van der Waals surface area contributed by atoms with E-state index < -0.39 is 0 Å². The zero-order valence-corrected chi connectivity index (χ0v) is 9.46. The van der Waals surface area contributed by atoms with Gasteiger partial charge in [0.15, 0.2) is 11.5 Å². The molecular formula is C5H5N5Pb. The van der Waals surface area contributed by atoms with Crippen LogP contribution >= 0.6 is 0 Å². The van der Waals surface area contributed by atoms with E-state index >= 15 is 0 Å². The molecule has 0 aliphatic carbocycles. The van der Waals surface area contributed by atoms with Gasteiger partial charge in [-0.2, -0.15) is 0 Å². The fraction of sp³-hybridized carbons (Fsp3) is 0. The van der Waals surface area contributed by atoms with Crippen LogP contribution in [0.5, 0.6) is 0 Å². The number of H-pyrrole nitrogens is 1. The van der Waals surface area contributed by atoms with Crippen LogP contribution in [0.4, 0.5) is 5.82 Å². The predicted octanol–water partition coefficient (Wildman–Crippen LogP) is -0.446. The normalized spacial score (nSPS) is 9.45. The SMILES string of the molecule is Nc1ncnc2nc[nH]c12.[Pb]. The summed E-state index contributed by atoms with van der Waals surface area (Å²) in [6.45, 7) is 0. The van der Waals surface area contributed by atoms with Gasteiger partial charge in [0.05, 0.1) is 6.33 Å². The first kappa shape index (κ1) is 8.37. The molecule has 5 nitrogen and oxygen atoms in total. The average Bonchev–Trinajstić information content (AvgIpc) is 2.36. The average molecular weight is 342 g/mol. The summed E-state index contributed by atoms with van der Waals surface area (Å²) < 4.78 is 0.